The SMILES string of the molecule is O=C1COc2ccc(OCCCN[C@H]3CCN(c4ccccc4-c4ccsc4)C3)cc2N1. The molecule has 2 aromatic carbocycles. The molecule has 1 amide bonds. The van der Waals surface area contributed by atoms with Crippen LogP contribution < -0.4 is 25.0 Å². The zero-order valence-electron chi connectivity index (χ0n) is 17.9. The van der Waals surface area contributed by atoms with Gasteiger partial charge in [-0.25, -0.2) is 0 Å². The molecule has 2 aliphatic heterocycles. The highest BCUT2D eigenvalue weighted by Crippen LogP contribution is 2.34. The van der Waals surface area contributed by atoms with Crippen LogP contribution in [0.25, 0.3) is 11.1 Å². The maximum atomic E-state index is 11.5. The van der Waals surface area contributed by atoms with E-state index in [1.54, 1.807) is 11.3 Å². The fourth-order valence-corrected chi connectivity index (χ4v) is 4.93. The second-order valence-electron chi connectivity index (χ2n) is 8.11. The largest absolute Gasteiger partial charge is 0.493 e. The van der Waals surface area contributed by atoms with Crippen molar-refractivity contribution in [3.8, 4) is 22.6 Å². The van der Waals surface area contributed by atoms with Gasteiger partial charge in [-0.05, 0) is 60.0 Å². The first-order valence-electron chi connectivity index (χ1n) is 11.1. The van der Waals surface area contributed by atoms with Gasteiger partial charge in [-0.2, -0.15) is 11.3 Å². The van der Waals surface area contributed by atoms with Crippen molar-refractivity contribution in [1.82, 2.24) is 5.32 Å². The van der Waals surface area contributed by atoms with Crippen molar-refractivity contribution in [2.24, 2.45) is 0 Å². The standard InChI is InChI=1S/C25H27N3O3S/c29-25-16-31-24-7-6-20(14-22(24)27-25)30-12-3-10-26-19-8-11-28(15-19)23-5-2-1-4-21(23)18-9-13-32-17-18/h1-2,4-7,9,13-14,17,19,26H,3,8,10-12,15-16H2,(H,27,29)/t19-/m0/s1. The maximum Gasteiger partial charge on any atom is 0.262 e. The normalized spacial score (nSPS) is 17.6. The summed E-state index contributed by atoms with van der Waals surface area (Å²) in [6.45, 7) is 3.69. The molecular weight excluding hydrogens is 422 g/mol. The van der Waals surface area contributed by atoms with Crippen LogP contribution in [0.5, 0.6) is 11.5 Å². The topological polar surface area (TPSA) is 62.8 Å². The smallest absolute Gasteiger partial charge is 0.262 e. The number of para-hydroxylation sites is 1. The van der Waals surface area contributed by atoms with Crippen molar-refractivity contribution in [3.05, 3.63) is 59.3 Å². The van der Waals surface area contributed by atoms with Crippen LogP contribution in [-0.4, -0.2) is 44.8 Å². The third kappa shape index (κ3) is 4.74. The van der Waals surface area contributed by atoms with Crippen LogP contribution in [0.4, 0.5) is 11.4 Å². The summed E-state index contributed by atoms with van der Waals surface area (Å²) < 4.78 is 11.2. The molecule has 3 heterocycles. The fourth-order valence-electron chi connectivity index (χ4n) is 4.28. The van der Waals surface area contributed by atoms with Gasteiger partial charge < -0.3 is 25.0 Å². The summed E-state index contributed by atoms with van der Waals surface area (Å²) in [5.41, 5.74) is 4.61. The molecule has 7 heteroatoms. The van der Waals surface area contributed by atoms with E-state index in [4.69, 9.17) is 9.47 Å². The van der Waals surface area contributed by atoms with Gasteiger partial charge in [-0.15, -0.1) is 0 Å². The monoisotopic (exact) mass is 449 g/mol. The number of rotatable bonds is 8. The number of carbonyl (C=O) groups excluding carboxylic acids is 1. The molecule has 32 heavy (non-hydrogen) atoms. The number of amides is 1. The molecule has 1 atom stereocenters. The van der Waals surface area contributed by atoms with Crippen molar-refractivity contribution in [1.29, 1.82) is 0 Å². The third-order valence-corrected chi connectivity index (χ3v) is 6.56. The Morgan fingerprint density at radius 3 is 3.06 bits per heavy atom. The molecule has 3 aromatic rings. The van der Waals surface area contributed by atoms with Crippen molar-refractivity contribution < 1.29 is 14.3 Å². The summed E-state index contributed by atoms with van der Waals surface area (Å²) in [5.74, 6) is 1.29. The predicted molar refractivity (Wildman–Crippen MR) is 129 cm³/mol. The highest BCUT2D eigenvalue weighted by atomic mass is 32.1. The number of nitrogens with zero attached hydrogens (tertiary/aromatic N) is 1. The predicted octanol–water partition coefficient (Wildman–Crippen LogP) is 4.38. The highest BCUT2D eigenvalue weighted by molar-refractivity contribution is 7.08. The van der Waals surface area contributed by atoms with E-state index in [-0.39, 0.29) is 12.5 Å². The van der Waals surface area contributed by atoms with Gasteiger partial charge in [0.15, 0.2) is 6.61 Å². The van der Waals surface area contributed by atoms with Gasteiger partial charge in [0.05, 0.1) is 12.3 Å². The zero-order valence-corrected chi connectivity index (χ0v) is 18.7. The van der Waals surface area contributed by atoms with Crippen LogP contribution in [-0.2, 0) is 4.79 Å². The molecule has 0 radical (unpaired) electrons. The van der Waals surface area contributed by atoms with Crippen LogP contribution in [0, 0.1) is 0 Å². The Balaban J connectivity index is 1.07. The lowest BCUT2D eigenvalue weighted by molar-refractivity contribution is -0.118. The lowest BCUT2D eigenvalue weighted by Gasteiger charge is -2.22. The molecule has 1 fully saturated rings. The minimum absolute atomic E-state index is 0.0665. The number of anilines is 2. The lowest BCUT2D eigenvalue weighted by atomic mass is 10.1. The molecular formula is C25H27N3O3S. The Bertz CT molecular complexity index is 1070. The number of nitrogens with one attached hydrogen (secondary N) is 2. The van der Waals surface area contributed by atoms with Gasteiger partial charge in [-0.1, -0.05) is 18.2 Å². The highest BCUT2D eigenvalue weighted by Gasteiger charge is 2.24. The Kier molecular flexibility index (Phi) is 6.27. The fraction of sp³-hybridized carbons (Fsp3) is 0.320. The molecule has 0 saturated carbocycles. The van der Waals surface area contributed by atoms with E-state index < -0.39 is 0 Å². The van der Waals surface area contributed by atoms with Crippen molar-refractivity contribution in [2.75, 3.05) is 43.1 Å². The Morgan fingerprint density at radius 1 is 1.22 bits per heavy atom. The summed E-state index contributed by atoms with van der Waals surface area (Å²) in [4.78, 5) is 14.0. The average Bonchev–Trinajstić information content (AvgIpc) is 3.51. The van der Waals surface area contributed by atoms with Gasteiger partial charge in [0, 0.05) is 36.4 Å². The van der Waals surface area contributed by atoms with E-state index in [0.29, 0.717) is 24.1 Å². The molecule has 1 saturated heterocycles. The van der Waals surface area contributed by atoms with Crippen LogP contribution in [0.3, 0.4) is 0 Å². The van der Waals surface area contributed by atoms with Gasteiger partial charge in [0.25, 0.3) is 5.91 Å². The van der Waals surface area contributed by atoms with Crippen LogP contribution >= 0.6 is 11.3 Å². The molecule has 166 valence electrons. The Morgan fingerprint density at radius 2 is 2.16 bits per heavy atom. The number of carbonyl (C=O) groups is 1. The van der Waals surface area contributed by atoms with Crippen molar-refractivity contribution in [3.63, 3.8) is 0 Å². The number of ether oxygens (including phenoxy) is 2. The van der Waals surface area contributed by atoms with Gasteiger partial charge in [0.2, 0.25) is 0 Å². The van der Waals surface area contributed by atoms with Gasteiger partial charge >= 0.3 is 0 Å². The molecule has 0 bridgehead atoms. The zero-order chi connectivity index (χ0) is 21.8. The Labute approximate surface area is 192 Å². The lowest BCUT2D eigenvalue weighted by Crippen LogP contribution is -2.33. The summed E-state index contributed by atoms with van der Waals surface area (Å²) in [7, 11) is 0. The third-order valence-electron chi connectivity index (χ3n) is 5.87. The molecule has 6 nitrogen and oxygen atoms in total. The van der Waals surface area contributed by atoms with Crippen LogP contribution in [0.15, 0.2) is 59.3 Å². The molecule has 2 aliphatic rings. The first-order valence-corrected chi connectivity index (χ1v) is 12.0. The summed E-state index contributed by atoms with van der Waals surface area (Å²) in [5, 5.41) is 10.8. The van der Waals surface area contributed by atoms with Crippen molar-refractivity contribution >= 4 is 28.6 Å². The first kappa shape index (κ1) is 20.8. The van der Waals surface area contributed by atoms with E-state index in [9.17, 15) is 4.79 Å². The van der Waals surface area contributed by atoms with E-state index in [1.807, 2.05) is 18.2 Å². The second kappa shape index (κ2) is 9.63. The summed E-state index contributed by atoms with van der Waals surface area (Å²) in [6.07, 6.45) is 2.06. The van der Waals surface area contributed by atoms with Gasteiger partial charge in [0.1, 0.15) is 11.5 Å². The quantitative estimate of drug-likeness (QED) is 0.500. The van der Waals surface area contributed by atoms with E-state index in [1.165, 1.54) is 16.8 Å². The minimum Gasteiger partial charge on any atom is -0.493 e. The second-order valence-corrected chi connectivity index (χ2v) is 8.89. The number of thiophene rings is 1. The number of benzene rings is 2. The molecule has 1 aromatic heterocycles. The Hall–Kier alpha value is -3.03. The minimum atomic E-state index is -0.137. The van der Waals surface area contributed by atoms with Crippen LogP contribution in [0.1, 0.15) is 12.8 Å². The maximum absolute atomic E-state index is 11.5. The average molecular weight is 450 g/mol. The summed E-state index contributed by atoms with van der Waals surface area (Å²) >= 11 is 1.74. The number of hydrogen-bond donors (Lipinski definition) is 2. The molecule has 5 rings (SSSR count). The summed E-state index contributed by atoms with van der Waals surface area (Å²) in [6, 6.07) is 16.9. The first-order chi connectivity index (χ1) is 15.8. The molecule has 0 aliphatic carbocycles. The van der Waals surface area contributed by atoms with Crippen LogP contribution in [0.2, 0.25) is 0 Å². The molecule has 2 N–H and O–H groups in total. The van der Waals surface area contributed by atoms with E-state index in [2.05, 4.69) is 56.6 Å². The molecule has 0 spiro atoms. The van der Waals surface area contributed by atoms with E-state index >= 15 is 0 Å². The van der Waals surface area contributed by atoms with Gasteiger partial charge in [-0.3, -0.25) is 4.79 Å². The molecule has 0 unspecified atom stereocenters. The number of hydrogen-bond acceptors (Lipinski definition) is 6. The van der Waals surface area contributed by atoms with Crippen molar-refractivity contribution in [2.45, 2.75) is 18.9 Å². The number of fused-ring (bicyclic) bond motifs is 1. The van der Waals surface area contributed by atoms with E-state index in [0.717, 1.165) is 38.2 Å².